The Hall–Kier alpha value is -2.27. The highest BCUT2D eigenvalue weighted by molar-refractivity contribution is 6.33. The summed E-state index contributed by atoms with van der Waals surface area (Å²) < 4.78 is 18.8. The minimum atomic E-state index is -0.542. The average Bonchev–Trinajstić information content (AvgIpc) is 2.44. The zero-order valence-corrected chi connectivity index (χ0v) is 12.1. The molecule has 0 amide bonds. The summed E-state index contributed by atoms with van der Waals surface area (Å²) in [6.07, 6.45) is 0. The zero-order valence-electron chi connectivity index (χ0n) is 11.3. The Bertz CT molecular complexity index is 656. The van der Waals surface area contributed by atoms with Crippen LogP contribution in [0.3, 0.4) is 0 Å². The Balaban J connectivity index is 2.46. The van der Waals surface area contributed by atoms with Gasteiger partial charge >= 0.3 is 5.97 Å². The van der Waals surface area contributed by atoms with Crippen LogP contribution in [0, 0.1) is 5.82 Å². The molecular weight excluding hydrogens is 295 g/mol. The van der Waals surface area contributed by atoms with Crippen LogP contribution >= 0.6 is 11.6 Å². The van der Waals surface area contributed by atoms with E-state index in [1.165, 1.54) is 18.2 Å². The Labute approximate surface area is 126 Å². The molecule has 0 aliphatic rings. The van der Waals surface area contributed by atoms with Crippen molar-refractivity contribution in [1.29, 1.82) is 0 Å². The lowest BCUT2D eigenvalue weighted by Gasteiger charge is -2.15. The number of carbonyl (C=O) groups is 1. The minimum absolute atomic E-state index is 0.0580. The predicted molar refractivity (Wildman–Crippen MR) is 81.5 cm³/mol. The quantitative estimate of drug-likeness (QED) is 0.662. The van der Waals surface area contributed by atoms with Crippen LogP contribution in [0.25, 0.3) is 0 Å². The molecule has 110 valence electrons. The lowest BCUT2D eigenvalue weighted by atomic mass is 10.1. The molecule has 0 unspecified atom stereocenters. The van der Waals surface area contributed by atoms with Gasteiger partial charge in [0.2, 0.25) is 0 Å². The first kappa shape index (κ1) is 15.1. The summed E-state index contributed by atoms with van der Waals surface area (Å²) in [6, 6.07) is 9.05. The van der Waals surface area contributed by atoms with Crippen molar-refractivity contribution < 1.29 is 13.9 Å². The Morgan fingerprint density at radius 2 is 2.00 bits per heavy atom. The van der Waals surface area contributed by atoms with Gasteiger partial charge in [-0.1, -0.05) is 23.7 Å². The van der Waals surface area contributed by atoms with E-state index in [0.717, 1.165) is 0 Å². The van der Waals surface area contributed by atoms with Crippen LogP contribution in [-0.4, -0.2) is 12.6 Å². The van der Waals surface area contributed by atoms with Crippen molar-refractivity contribution in [2.24, 2.45) is 0 Å². The molecule has 3 N–H and O–H groups in total. The molecule has 0 aliphatic carbocycles. The second-order valence-electron chi connectivity index (χ2n) is 4.21. The Kier molecular flexibility index (Phi) is 4.65. The number of hydrogen-bond acceptors (Lipinski definition) is 4. The summed E-state index contributed by atoms with van der Waals surface area (Å²) in [5, 5.41) is 2.97. The molecule has 2 aromatic carbocycles. The van der Waals surface area contributed by atoms with Crippen molar-refractivity contribution in [3.05, 3.63) is 52.8 Å². The van der Waals surface area contributed by atoms with Gasteiger partial charge in [0.25, 0.3) is 0 Å². The fraction of sp³-hybridized carbons (Fsp3) is 0.133. The summed E-state index contributed by atoms with van der Waals surface area (Å²) in [5.74, 6) is -1.08. The molecule has 0 aromatic heterocycles. The van der Waals surface area contributed by atoms with Crippen LogP contribution in [0.15, 0.2) is 36.4 Å². The number of nitrogen functional groups attached to an aromatic ring is 1. The highest BCUT2D eigenvalue weighted by Gasteiger charge is 2.17. The van der Waals surface area contributed by atoms with Crippen LogP contribution < -0.4 is 11.1 Å². The zero-order chi connectivity index (χ0) is 15.4. The van der Waals surface area contributed by atoms with Crippen LogP contribution in [0.5, 0.6) is 0 Å². The average molecular weight is 309 g/mol. The van der Waals surface area contributed by atoms with Gasteiger partial charge in [-0.2, -0.15) is 0 Å². The van der Waals surface area contributed by atoms with E-state index in [2.05, 4.69) is 5.32 Å². The Morgan fingerprint density at radius 1 is 1.29 bits per heavy atom. The Morgan fingerprint density at radius 3 is 2.67 bits per heavy atom. The van der Waals surface area contributed by atoms with Crippen molar-refractivity contribution in [1.82, 2.24) is 0 Å². The number of nitrogens with one attached hydrogen (secondary N) is 1. The molecule has 21 heavy (non-hydrogen) atoms. The highest BCUT2D eigenvalue weighted by atomic mass is 35.5. The number of anilines is 3. The summed E-state index contributed by atoms with van der Waals surface area (Å²) in [6.45, 7) is 1.93. The van der Waals surface area contributed by atoms with E-state index >= 15 is 0 Å². The van der Waals surface area contributed by atoms with Gasteiger partial charge in [-0.3, -0.25) is 0 Å². The second kappa shape index (κ2) is 6.45. The van der Waals surface area contributed by atoms with Gasteiger partial charge in [0.05, 0.1) is 34.3 Å². The van der Waals surface area contributed by atoms with Crippen LogP contribution in [0.1, 0.15) is 17.3 Å². The van der Waals surface area contributed by atoms with E-state index in [0.29, 0.717) is 5.69 Å². The van der Waals surface area contributed by atoms with Crippen molar-refractivity contribution in [2.75, 3.05) is 17.7 Å². The summed E-state index contributed by atoms with van der Waals surface area (Å²) in [5.41, 5.74) is 6.70. The number of ether oxygens (including phenoxy) is 1. The van der Waals surface area contributed by atoms with E-state index in [-0.39, 0.29) is 28.6 Å². The van der Waals surface area contributed by atoms with Crippen molar-refractivity contribution in [3.8, 4) is 0 Å². The van der Waals surface area contributed by atoms with Gasteiger partial charge in [0, 0.05) is 0 Å². The van der Waals surface area contributed by atoms with E-state index in [1.54, 1.807) is 25.1 Å². The van der Waals surface area contributed by atoms with Gasteiger partial charge < -0.3 is 15.8 Å². The van der Waals surface area contributed by atoms with E-state index in [4.69, 9.17) is 22.1 Å². The van der Waals surface area contributed by atoms with E-state index in [1.807, 2.05) is 0 Å². The molecule has 0 bridgehead atoms. The van der Waals surface area contributed by atoms with Gasteiger partial charge in [0.1, 0.15) is 5.82 Å². The second-order valence-corrected chi connectivity index (χ2v) is 4.62. The standard InChI is InChI=1S/C15H14ClFN2O2/c1-2-21-15(20)9-5-3-8-12(18)13(9)19-14-10(16)6-4-7-11(14)17/h3-8,19H,2,18H2,1H3. The van der Waals surface area contributed by atoms with Gasteiger partial charge in [-0.05, 0) is 31.2 Å². The minimum Gasteiger partial charge on any atom is -0.462 e. The molecule has 0 saturated carbocycles. The summed E-state index contributed by atoms with van der Waals surface area (Å²) >= 11 is 5.97. The fourth-order valence-corrected chi connectivity index (χ4v) is 2.04. The van der Waals surface area contributed by atoms with Crippen molar-refractivity contribution >= 4 is 34.6 Å². The van der Waals surface area contributed by atoms with Crippen molar-refractivity contribution in [2.45, 2.75) is 6.92 Å². The maximum absolute atomic E-state index is 13.8. The first-order valence-electron chi connectivity index (χ1n) is 6.31. The maximum atomic E-state index is 13.8. The molecule has 6 heteroatoms. The first-order valence-corrected chi connectivity index (χ1v) is 6.69. The third kappa shape index (κ3) is 3.25. The highest BCUT2D eigenvalue weighted by Crippen LogP contribution is 2.33. The molecule has 0 radical (unpaired) electrons. The lowest BCUT2D eigenvalue weighted by Crippen LogP contribution is -2.10. The number of halogens is 2. The SMILES string of the molecule is CCOC(=O)c1cccc(N)c1Nc1c(F)cccc1Cl. The first-order chi connectivity index (χ1) is 10.0. The van der Waals surface area contributed by atoms with Gasteiger partial charge in [0.15, 0.2) is 0 Å². The molecule has 0 fully saturated rings. The monoisotopic (exact) mass is 308 g/mol. The fourth-order valence-electron chi connectivity index (χ4n) is 1.83. The third-order valence-corrected chi connectivity index (χ3v) is 3.12. The molecule has 2 aromatic rings. The summed E-state index contributed by atoms with van der Waals surface area (Å²) in [4.78, 5) is 11.9. The lowest BCUT2D eigenvalue weighted by molar-refractivity contribution is 0.0527. The van der Waals surface area contributed by atoms with Crippen molar-refractivity contribution in [3.63, 3.8) is 0 Å². The number of rotatable bonds is 4. The number of nitrogens with two attached hydrogens (primary N) is 1. The largest absolute Gasteiger partial charge is 0.462 e. The maximum Gasteiger partial charge on any atom is 0.340 e. The predicted octanol–water partition coefficient (Wildman–Crippen LogP) is 3.98. The summed E-state index contributed by atoms with van der Waals surface area (Å²) in [7, 11) is 0. The molecule has 2 rings (SSSR count). The molecular formula is C15H14ClFN2O2. The topological polar surface area (TPSA) is 64.3 Å². The molecule has 4 nitrogen and oxygen atoms in total. The number of para-hydroxylation sites is 2. The molecule has 0 aliphatic heterocycles. The number of carbonyl (C=O) groups excluding carboxylic acids is 1. The van der Waals surface area contributed by atoms with E-state index < -0.39 is 11.8 Å². The molecule has 0 heterocycles. The van der Waals surface area contributed by atoms with Gasteiger partial charge in [-0.25, -0.2) is 9.18 Å². The molecule has 0 atom stereocenters. The smallest absolute Gasteiger partial charge is 0.340 e. The van der Waals surface area contributed by atoms with Crippen LogP contribution in [0.2, 0.25) is 5.02 Å². The number of benzene rings is 2. The third-order valence-electron chi connectivity index (χ3n) is 2.80. The number of esters is 1. The normalized spacial score (nSPS) is 10.2. The molecule has 0 saturated heterocycles. The van der Waals surface area contributed by atoms with E-state index in [9.17, 15) is 9.18 Å². The van der Waals surface area contributed by atoms with Crippen LogP contribution in [-0.2, 0) is 4.74 Å². The molecule has 0 spiro atoms. The van der Waals surface area contributed by atoms with Crippen LogP contribution in [0.4, 0.5) is 21.5 Å². The van der Waals surface area contributed by atoms with Gasteiger partial charge in [-0.15, -0.1) is 0 Å². The number of hydrogen-bond donors (Lipinski definition) is 2.